The van der Waals surface area contributed by atoms with Crippen LogP contribution in [0.3, 0.4) is 0 Å². The predicted octanol–water partition coefficient (Wildman–Crippen LogP) is 9.88. The minimum atomic E-state index is 1.09. The van der Waals surface area contributed by atoms with Gasteiger partial charge in [-0.25, -0.2) is 0 Å². The molecule has 0 aromatic heterocycles. The number of aryl methyl sites for hydroxylation is 1. The lowest BCUT2D eigenvalue weighted by Gasteiger charge is -2.21. The van der Waals surface area contributed by atoms with Crippen molar-refractivity contribution in [3.05, 3.63) is 132 Å². The molecule has 35 heavy (non-hydrogen) atoms. The summed E-state index contributed by atoms with van der Waals surface area (Å²) >= 11 is 0. The van der Waals surface area contributed by atoms with Crippen molar-refractivity contribution in [2.24, 2.45) is 0 Å². The summed E-state index contributed by atoms with van der Waals surface area (Å²) in [6.45, 7) is 6.04. The van der Waals surface area contributed by atoms with Crippen LogP contribution in [-0.4, -0.2) is 0 Å². The first kappa shape index (κ1) is 21.4. The molecule has 1 aliphatic rings. The van der Waals surface area contributed by atoms with E-state index in [2.05, 4.69) is 123 Å². The van der Waals surface area contributed by atoms with Crippen LogP contribution in [0.15, 0.2) is 116 Å². The highest BCUT2D eigenvalue weighted by molar-refractivity contribution is 6.21. The highest BCUT2D eigenvalue weighted by atomic mass is 14.2. The molecule has 0 aliphatic heterocycles. The average molecular weight is 449 g/mol. The van der Waals surface area contributed by atoms with E-state index in [0.717, 1.165) is 18.4 Å². The predicted molar refractivity (Wildman–Crippen MR) is 154 cm³/mol. The van der Waals surface area contributed by atoms with E-state index in [1.165, 1.54) is 60.5 Å². The molecule has 0 heteroatoms. The largest absolute Gasteiger partial charge is 0.0985 e. The fourth-order valence-corrected chi connectivity index (χ4v) is 5.56. The average Bonchev–Trinajstić information content (AvgIpc) is 2.92. The van der Waals surface area contributed by atoms with Gasteiger partial charge < -0.3 is 0 Å². The van der Waals surface area contributed by atoms with Crippen LogP contribution in [0.4, 0.5) is 0 Å². The van der Waals surface area contributed by atoms with Crippen LogP contribution in [0.5, 0.6) is 0 Å². The molecule has 0 N–H and O–H groups in total. The third kappa shape index (κ3) is 3.63. The number of allylic oxidation sites excluding steroid dienone is 4. The molecular formula is C35H28. The molecule has 0 heterocycles. The molecule has 1 aliphatic carbocycles. The quantitative estimate of drug-likeness (QED) is 0.189. The second-order valence-electron chi connectivity index (χ2n) is 9.22. The highest BCUT2D eigenvalue weighted by Crippen LogP contribution is 2.45. The van der Waals surface area contributed by atoms with Crippen LogP contribution in [0.2, 0.25) is 0 Å². The molecule has 0 spiro atoms. The first-order valence-corrected chi connectivity index (χ1v) is 12.4. The maximum absolute atomic E-state index is 3.98. The molecule has 0 amide bonds. The molecular weight excluding hydrogens is 420 g/mol. The normalized spacial score (nSPS) is 13.2. The summed E-state index contributed by atoms with van der Waals surface area (Å²) < 4.78 is 0. The second kappa shape index (κ2) is 8.89. The van der Waals surface area contributed by atoms with Crippen molar-refractivity contribution in [3.8, 4) is 22.3 Å². The molecule has 6 rings (SSSR count). The van der Waals surface area contributed by atoms with Crippen molar-refractivity contribution >= 4 is 33.2 Å². The fraction of sp³-hybridized carbons (Fsp3) is 0.0857. The Balaban J connectivity index is 1.73. The number of rotatable bonds is 4. The van der Waals surface area contributed by atoms with Gasteiger partial charge in [0.1, 0.15) is 0 Å². The smallest absolute Gasteiger partial charge is 0.00262 e. The number of hydrogen-bond acceptors (Lipinski definition) is 0. The van der Waals surface area contributed by atoms with E-state index >= 15 is 0 Å². The van der Waals surface area contributed by atoms with Crippen molar-refractivity contribution < 1.29 is 0 Å². The zero-order valence-electron chi connectivity index (χ0n) is 20.1. The van der Waals surface area contributed by atoms with Gasteiger partial charge in [-0.3, -0.25) is 0 Å². The Hall–Kier alpha value is -4.16. The van der Waals surface area contributed by atoms with Crippen LogP contribution >= 0.6 is 0 Å². The lowest BCUT2D eigenvalue weighted by Crippen LogP contribution is -1.97. The van der Waals surface area contributed by atoms with Crippen LogP contribution < -0.4 is 0 Å². The Morgan fingerprint density at radius 1 is 0.714 bits per heavy atom. The van der Waals surface area contributed by atoms with Crippen molar-refractivity contribution in [3.63, 3.8) is 0 Å². The van der Waals surface area contributed by atoms with Crippen molar-refractivity contribution in [2.75, 3.05) is 0 Å². The van der Waals surface area contributed by atoms with Crippen molar-refractivity contribution in [1.82, 2.24) is 0 Å². The van der Waals surface area contributed by atoms with Crippen LogP contribution in [0.1, 0.15) is 30.0 Å². The lowest BCUT2D eigenvalue weighted by atomic mass is 9.83. The zero-order chi connectivity index (χ0) is 23.8. The molecule has 5 aromatic carbocycles. The number of fused-ring (bicyclic) bond motifs is 3. The zero-order valence-corrected chi connectivity index (χ0v) is 20.1. The monoisotopic (exact) mass is 448 g/mol. The van der Waals surface area contributed by atoms with Gasteiger partial charge in [0.05, 0.1) is 0 Å². The van der Waals surface area contributed by atoms with E-state index in [0.29, 0.717) is 0 Å². The Morgan fingerprint density at radius 3 is 2.00 bits per heavy atom. The van der Waals surface area contributed by atoms with Gasteiger partial charge in [0.15, 0.2) is 0 Å². The molecule has 0 saturated heterocycles. The molecule has 0 unspecified atom stereocenters. The Kier molecular flexibility index (Phi) is 5.43. The van der Waals surface area contributed by atoms with E-state index < -0.39 is 0 Å². The van der Waals surface area contributed by atoms with E-state index in [1.807, 2.05) is 6.08 Å². The summed E-state index contributed by atoms with van der Waals surface area (Å²) in [4.78, 5) is 0. The lowest BCUT2D eigenvalue weighted by molar-refractivity contribution is 0.989. The maximum Gasteiger partial charge on any atom is -0.00262 e. The molecule has 168 valence electrons. The summed E-state index contributed by atoms with van der Waals surface area (Å²) in [6, 6.07) is 33.6. The Bertz CT molecular complexity index is 1630. The summed E-state index contributed by atoms with van der Waals surface area (Å²) in [5.41, 5.74) is 10.3. The second-order valence-corrected chi connectivity index (χ2v) is 9.22. The molecule has 0 atom stereocenters. The van der Waals surface area contributed by atoms with Crippen LogP contribution in [0.25, 0.3) is 55.4 Å². The molecule has 5 aromatic rings. The number of hydrogen-bond donors (Lipinski definition) is 0. The van der Waals surface area contributed by atoms with E-state index in [-0.39, 0.29) is 0 Å². The van der Waals surface area contributed by atoms with Gasteiger partial charge in [-0.2, -0.15) is 0 Å². The van der Waals surface area contributed by atoms with E-state index in [9.17, 15) is 0 Å². The summed E-state index contributed by atoms with van der Waals surface area (Å²) in [5.74, 6) is 0. The molecule has 0 fully saturated rings. The Morgan fingerprint density at radius 2 is 1.34 bits per heavy atom. The minimum Gasteiger partial charge on any atom is -0.0985 e. The first-order valence-electron chi connectivity index (χ1n) is 12.4. The Labute approximate surface area is 207 Å². The topological polar surface area (TPSA) is 0 Å². The fourth-order valence-electron chi connectivity index (χ4n) is 5.56. The molecule has 0 nitrogen and oxygen atoms in total. The van der Waals surface area contributed by atoms with Gasteiger partial charge in [-0.1, -0.05) is 110 Å². The summed E-state index contributed by atoms with van der Waals surface area (Å²) in [5, 5.41) is 5.25. The first-order chi connectivity index (χ1) is 17.3. The van der Waals surface area contributed by atoms with Gasteiger partial charge >= 0.3 is 0 Å². The maximum atomic E-state index is 3.98. The minimum absolute atomic E-state index is 1.09. The molecule has 0 saturated carbocycles. The standard InChI is InChI=1S/C35H28/c1-3-24(4-2)25-18-20-27(21-19-25)35-31-17-11-10-16-30(31)34(26-12-6-5-7-13-26)32-22-28-14-8-9-15-29(28)23-33(32)35/h3-8,10-14,16-23H,1,9,15H2,2H3/b24-4+. The highest BCUT2D eigenvalue weighted by Gasteiger charge is 2.19. The summed E-state index contributed by atoms with van der Waals surface area (Å²) in [7, 11) is 0. The SMILES string of the molecule is C=C/C(=C\C)c1ccc(-c2c3ccccc3c(-c3ccccc3)c3cc4c(cc23)CCC=C4)cc1. The van der Waals surface area contributed by atoms with Gasteiger partial charge in [-0.05, 0) is 98.0 Å². The third-order valence-corrected chi connectivity index (χ3v) is 7.26. The van der Waals surface area contributed by atoms with Crippen LogP contribution in [0, 0.1) is 0 Å². The van der Waals surface area contributed by atoms with Gasteiger partial charge in [-0.15, -0.1) is 0 Å². The number of benzene rings is 5. The van der Waals surface area contributed by atoms with Gasteiger partial charge in [0.2, 0.25) is 0 Å². The van der Waals surface area contributed by atoms with Crippen molar-refractivity contribution in [2.45, 2.75) is 19.8 Å². The van der Waals surface area contributed by atoms with Crippen molar-refractivity contribution in [1.29, 1.82) is 0 Å². The third-order valence-electron chi connectivity index (χ3n) is 7.26. The van der Waals surface area contributed by atoms with Gasteiger partial charge in [0, 0.05) is 0 Å². The van der Waals surface area contributed by atoms with Crippen LogP contribution in [-0.2, 0) is 6.42 Å². The van der Waals surface area contributed by atoms with Gasteiger partial charge in [0.25, 0.3) is 0 Å². The van der Waals surface area contributed by atoms with E-state index in [1.54, 1.807) is 0 Å². The molecule has 0 radical (unpaired) electrons. The summed E-state index contributed by atoms with van der Waals surface area (Å²) in [6.07, 6.45) is 10.8. The van der Waals surface area contributed by atoms with E-state index in [4.69, 9.17) is 0 Å². The molecule has 0 bridgehead atoms.